The largest absolute Gasteiger partial charge is 0.489 e. The molecule has 4 N–H and O–H groups in total. The second-order valence-electron chi connectivity index (χ2n) is 6.32. The van der Waals surface area contributed by atoms with Gasteiger partial charge in [0.2, 0.25) is 5.91 Å². The maximum absolute atomic E-state index is 11.9. The number of nitrogens with one attached hydrogen (secondary N) is 3. The van der Waals surface area contributed by atoms with Crippen molar-refractivity contribution in [3.63, 3.8) is 0 Å². The molecule has 8 heteroatoms. The van der Waals surface area contributed by atoms with Gasteiger partial charge in [-0.05, 0) is 31.2 Å². The molecule has 2 rings (SSSR count). The molecular formula is C21H24N4O4. The third kappa shape index (κ3) is 7.62. The zero-order valence-electron chi connectivity index (χ0n) is 16.1. The van der Waals surface area contributed by atoms with Gasteiger partial charge in [0.25, 0.3) is 5.91 Å². The number of carbonyl (C=O) groups is 2. The predicted octanol–water partition coefficient (Wildman–Crippen LogP) is 0.780. The first-order valence-electron chi connectivity index (χ1n) is 9.15. The minimum atomic E-state index is -0.834. The number of hydrogen-bond acceptors (Lipinski definition) is 6. The normalized spacial score (nSPS) is 12.3. The van der Waals surface area contributed by atoms with Crippen molar-refractivity contribution in [1.82, 2.24) is 16.0 Å². The van der Waals surface area contributed by atoms with E-state index >= 15 is 0 Å². The molecule has 0 fully saturated rings. The van der Waals surface area contributed by atoms with Crippen LogP contribution < -0.4 is 20.7 Å². The van der Waals surface area contributed by atoms with E-state index in [4.69, 9.17) is 10.00 Å². The Labute approximate surface area is 169 Å². The Morgan fingerprint density at radius 2 is 1.83 bits per heavy atom. The second kappa shape index (κ2) is 11.4. The Balaban J connectivity index is 1.65. The molecule has 2 amide bonds. The van der Waals surface area contributed by atoms with Gasteiger partial charge < -0.3 is 20.5 Å². The van der Waals surface area contributed by atoms with Crippen molar-refractivity contribution in [2.45, 2.75) is 19.2 Å². The number of aliphatic hydroxyl groups excluding tert-OH is 1. The highest BCUT2D eigenvalue weighted by Crippen LogP contribution is 2.16. The van der Waals surface area contributed by atoms with Gasteiger partial charge in [-0.15, -0.1) is 0 Å². The average Bonchev–Trinajstić information content (AvgIpc) is 2.75. The third-order valence-corrected chi connectivity index (χ3v) is 3.92. The van der Waals surface area contributed by atoms with Crippen LogP contribution in [0.2, 0.25) is 0 Å². The average molecular weight is 396 g/mol. The van der Waals surface area contributed by atoms with Crippen LogP contribution in [0.15, 0.2) is 54.6 Å². The van der Waals surface area contributed by atoms with Crippen LogP contribution in [-0.2, 0) is 4.79 Å². The lowest BCUT2D eigenvalue weighted by atomic mass is 10.2. The molecule has 0 aliphatic rings. The summed E-state index contributed by atoms with van der Waals surface area (Å²) in [5.74, 6) is -0.279. The minimum absolute atomic E-state index is 0.000503. The van der Waals surface area contributed by atoms with Crippen molar-refractivity contribution in [2.75, 3.05) is 19.7 Å². The first kappa shape index (κ1) is 21.9. The fourth-order valence-corrected chi connectivity index (χ4v) is 2.44. The van der Waals surface area contributed by atoms with Crippen molar-refractivity contribution in [3.05, 3.63) is 65.7 Å². The summed E-state index contributed by atoms with van der Waals surface area (Å²) in [5.41, 5.74) is 0.874. The van der Waals surface area contributed by atoms with Gasteiger partial charge >= 0.3 is 0 Å². The Kier molecular flexibility index (Phi) is 8.63. The maximum atomic E-state index is 11.9. The smallest absolute Gasteiger partial charge is 0.251 e. The van der Waals surface area contributed by atoms with E-state index in [0.717, 1.165) is 0 Å². The SMILES string of the molecule is CC(NCC(O)COc1ccccc1C#N)NC(=O)CNC(=O)c1ccccc1. The van der Waals surface area contributed by atoms with Crippen LogP contribution in [0.5, 0.6) is 5.75 Å². The molecule has 29 heavy (non-hydrogen) atoms. The number of para-hydroxylation sites is 1. The van der Waals surface area contributed by atoms with Crippen molar-refractivity contribution in [3.8, 4) is 11.8 Å². The number of nitriles is 1. The Bertz CT molecular complexity index is 851. The first-order chi connectivity index (χ1) is 14.0. The first-order valence-corrected chi connectivity index (χ1v) is 9.15. The van der Waals surface area contributed by atoms with E-state index in [-0.39, 0.29) is 31.5 Å². The van der Waals surface area contributed by atoms with E-state index in [0.29, 0.717) is 16.9 Å². The van der Waals surface area contributed by atoms with Crippen molar-refractivity contribution in [1.29, 1.82) is 5.26 Å². The molecule has 2 aromatic carbocycles. The molecule has 0 saturated carbocycles. The number of ether oxygens (including phenoxy) is 1. The van der Waals surface area contributed by atoms with Gasteiger partial charge in [0, 0.05) is 12.1 Å². The molecule has 2 atom stereocenters. The predicted molar refractivity (Wildman–Crippen MR) is 107 cm³/mol. The molecule has 0 aromatic heterocycles. The van der Waals surface area contributed by atoms with Crippen LogP contribution in [0.25, 0.3) is 0 Å². The van der Waals surface area contributed by atoms with E-state index in [1.54, 1.807) is 61.5 Å². The lowest BCUT2D eigenvalue weighted by molar-refractivity contribution is -0.120. The molecule has 0 saturated heterocycles. The van der Waals surface area contributed by atoms with Gasteiger partial charge in [-0.2, -0.15) is 5.26 Å². The third-order valence-electron chi connectivity index (χ3n) is 3.92. The number of benzene rings is 2. The highest BCUT2D eigenvalue weighted by Gasteiger charge is 2.12. The number of aliphatic hydroxyl groups is 1. The van der Waals surface area contributed by atoms with Crippen LogP contribution in [0.1, 0.15) is 22.8 Å². The summed E-state index contributed by atoms with van der Waals surface area (Å²) in [5, 5.41) is 27.2. The lowest BCUT2D eigenvalue weighted by Gasteiger charge is -2.19. The zero-order chi connectivity index (χ0) is 21.1. The molecule has 152 valence electrons. The Morgan fingerprint density at radius 1 is 1.14 bits per heavy atom. The summed E-state index contributed by atoms with van der Waals surface area (Å²) in [6.45, 7) is 1.73. The summed E-state index contributed by atoms with van der Waals surface area (Å²) in [6.07, 6.45) is -1.25. The number of nitrogens with zero attached hydrogens (tertiary/aromatic N) is 1. The molecule has 0 bridgehead atoms. The molecular weight excluding hydrogens is 372 g/mol. The standard InChI is InChI=1S/C21H24N4O4/c1-15(25-20(27)13-24-21(28)16-7-3-2-4-8-16)23-12-18(26)14-29-19-10-6-5-9-17(19)11-22/h2-10,15,18,23,26H,12-14H2,1H3,(H,24,28)(H,25,27). The van der Waals surface area contributed by atoms with E-state index < -0.39 is 12.3 Å². The summed E-state index contributed by atoms with van der Waals surface area (Å²) in [4.78, 5) is 23.8. The molecule has 0 heterocycles. The summed E-state index contributed by atoms with van der Waals surface area (Å²) < 4.78 is 5.46. The zero-order valence-corrected chi connectivity index (χ0v) is 16.1. The highest BCUT2D eigenvalue weighted by molar-refractivity contribution is 5.96. The van der Waals surface area contributed by atoms with Crippen LogP contribution in [0, 0.1) is 11.3 Å². The van der Waals surface area contributed by atoms with Gasteiger partial charge in [0.15, 0.2) is 0 Å². The molecule has 8 nitrogen and oxygen atoms in total. The number of carbonyl (C=O) groups excluding carboxylic acids is 2. The van der Waals surface area contributed by atoms with Gasteiger partial charge in [0.05, 0.1) is 18.3 Å². The minimum Gasteiger partial charge on any atom is -0.489 e. The van der Waals surface area contributed by atoms with Gasteiger partial charge in [-0.3, -0.25) is 14.9 Å². The van der Waals surface area contributed by atoms with E-state index in [1.807, 2.05) is 6.07 Å². The second-order valence-corrected chi connectivity index (χ2v) is 6.32. The van der Waals surface area contributed by atoms with Crippen LogP contribution >= 0.6 is 0 Å². The van der Waals surface area contributed by atoms with Gasteiger partial charge in [-0.25, -0.2) is 0 Å². The van der Waals surface area contributed by atoms with Crippen molar-refractivity contribution >= 4 is 11.8 Å². The summed E-state index contributed by atoms with van der Waals surface area (Å²) in [6, 6.07) is 17.4. The summed E-state index contributed by atoms with van der Waals surface area (Å²) >= 11 is 0. The van der Waals surface area contributed by atoms with E-state index in [2.05, 4.69) is 16.0 Å². The topological polar surface area (TPSA) is 123 Å². The Hall–Kier alpha value is -3.41. The molecule has 2 unspecified atom stereocenters. The van der Waals surface area contributed by atoms with Crippen molar-refractivity contribution < 1.29 is 19.4 Å². The van der Waals surface area contributed by atoms with Crippen LogP contribution in [-0.4, -0.2) is 48.9 Å². The Morgan fingerprint density at radius 3 is 2.55 bits per heavy atom. The number of rotatable bonds is 10. The molecule has 0 aliphatic heterocycles. The maximum Gasteiger partial charge on any atom is 0.251 e. The number of amides is 2. The van der Waals surface area contributed by atoms with Crippen LogP contribution in [0.4, 0.5) is 0 Å². The molecule has 2 aromatic rings. The fourth-order valence-electron chi connectivity index (χ4n) is 2.44. The van der Waals surface area contributed by atoms with Crippen LogP contribution in [0.3, 0.4) is 0 Å². The van der Waals surface area contributed by atoms with E-state index in [1.165, 1.54) is 0 Å². The molecule has 0 radical (unpaired) electrons. The quantitative estimate of drug-likeness (QED) is 0.440. The highest BCUT2D eigenvalue weighted by atomic mass is 16.5. The van der Waals surface area contributed by atoms with E-state index in [9.17, 15) is 14.7 Å². The monoisotopic (exact) mass is 396 g/mol. The lowest BCUT2D eigenvalue weighted by Crippen LogP contribution is -2.49. The van der Waals surface area contributed by atoms with Crippen molar-refractivity contribution in [2.24, 2.45) is 0 Å². The van der Waals surface area contributed by atoms with Gasteiger partial charge in [0.1, 0.15) is 24.5 Å². The fraction of sp³-hybridized carbons (Fsp3) is 0.286. The number of hydrogen-bond donors (Lipinski definition) is 4. The molecule has 0 aliphatic carbocycles. The summed E-state index contributed by atoms with van der Waals surface area (Å²) in [7, 11) is 0. The van der Waals surface area contributed by atoms with Gasteiger partial charge in [-0.1, -0.05) is 30.3 Å². The molecule has 0 spiro atoms.